The summed E-state index contributed by atoms with van der Waals surface area (Å²) in [6.45, 7) is 0.896. The third-order valence-corrected chi connectivity index (χ3v) is 3.28. The van der Waals surface area contributed by atoms with Crippen LogP contribution in [0, 0.1) is 13.8 Å². The normalized spacial score (nSPS) is 11.1. The van der Waals surface area contributed by atoms with Gasteiger partial charge in [-0.1, -0.05) is 23.2 Å². The van der Waals surface area contributed by atoms with Crippen LogP contribution in [0.3, 0.4) is 0 Å². The lowest BCUT2D eigenvalue weighted by molar-refractivity contribution is -0.0497. The van der Waals surface area contributed by atoms with Crippen LogP contribution in [0.15, 0.2) is 24.3 Å². The molecule has 1 aromatic heterocycles. The van der Waals surface area contributed by atoms with Gasteiger partial charge in [0, 0.05) is 17.1 Å². The fraction of sp³-hybridized carbons (Fsp3) is 0.231. The number of aromatic nitrogens is 1. The van der Waals surface area contributed by atoms with E-state index in [9.17, 15) is 8.78 Å². The van der Waals surface area contributed by atoms with Gasteiger partial charge in [-0.2, -0.15) is 8.78 Å². The van der Waals surface area contributed by atoms with E-state index in [1.165, 1.54) is 0 Å². The molecule has 0 bridgehead atoms. The smallest absolute Gasteiger partial charge is 0.387 e. The molecule has 0 fully saturated rings. The minimum atomic E-state index is -2.96. The van der Waals surface area contributed by atoms with E-state index < -0.39 is 6.61 Å². The molecule has 0 aliphatic heterocycles. The largest absolute Gasteiger partial charge is 0.432 e. The van der Waals surface area contributed by atoms with E-state index in [2.05, 4.69) is 4.74 Å². The lowest BCUT2D eigenvalue weighted by Gasteiger charge is -2.14. The molecule has 0 saturated heterocycles. The van der Waals surface area contributed by atoms with Gasteiger partial charge in [-0.15, -0.1) is 0 Å². The molecule has 0 saturated carbocycles. The van der Waals surface area contributed by atoms with E-state index >= 15 is 0 Å². The van der Waals surface area contributed by atoms with E-state index in [1.807, 2.05) is 30.5 Å². The molecule has 2 aromatic rings. The molecule has 1 aromatic carbocycles. The molecule has 0 aliphatic carbocycles. The zero-order valence-corrected chi connectivity index (χ0v) is 11.8. The summed E-state index contributed by atoms with van der Waals surface area (Å²) >= 11 is 11.9. The van der Waals surface area contributed by atoms with E-state index in [1.54, 1.807) is 12.1 Å². The SMILES string of the molecule is Cc1ccc(C)n1-c1cc(Cl)c(OC(F)F)c(Cl)c1. The molecule has 6 heteroatoms. The third-order valence-electron chi connectivity index (χ3n) is 2.72. The summed E-state index contributed by atoms with van der Waals surface area (Å²) in [5.41, 5.74) is 2.69. The van der Waals surface area contributed by atoms with Crippen molar-refractivity contribution < 1.29 is 13.5 Å². The second-order valence-electron chi connectivity index (χ2n) is 4.07. The fourth-order valence-corrected chi connectivity index (χ4v) is 2.52. The number of aryl methyl sites for hydroxylation is 2. The lowest BCUT2D eigenvalue weighted by atomic mass is 10.2. The van der Waals surface area contributed by atoms with Crippen LogP contribution in [0.2, 0.25) is 10.0 Å². The van der Waals surface area contributed by atoms with Crippen molar-refractivity contribution >= 4 is 23.2 Å². The summed E-state index contributed by atoms with van der Waals surface area (Å²) in [5, 5.41) is 0.102. The average molecular weight is 306 g/mol. The Morgan fingerprint density at radius 2 is 1.53 bits per heavy atom. The standard InChI is InChI=1S/C13H11Cl2F2NO/c1-7-3-4-8(2)18(7)9-5-10(14)12(11(15)6-9)19-13(16)17/h3-6,13H,1-2H3. The van der Waals surface area contributed by atoms with Gasteiger partial charge < -0.3 is 9.30 Å². The Labute approximate surface area is 119 Å². The fourth-order valence-electron chi connectivity index (χ4n) is 1.95. The van der Waals surface area contributed by atoms with E-state index in [-0.39, 0.29) is 15.8 Å². The maximum absolute atomic E-state index is 12.2. The molecule has 0 amide bonds. The maximum Gasteiger partial charge on any atom is 0.387 e. The molecule has 0 atom stereocenters. The third kappa shape index (κ3) is 2.85. The van der Waals surface area contributed by atoms with Crippen molar-refractivity contribution in [3.8, 4) is 11.4 Å². The van der Waals surface area contributed by atoms with Gasteiger partial charge in [-0.05, 0) is 38.1 Å². The Morgan fingerprint density at radius 1 is 1.05 bits per heavy atom. The van der Waals surface area contributed by atoms with Crippen LogP contribution in [0.4, 0.5) is 8.78 Å². The Hall–Kier alpha value is -1.26. The first-order valence-electron chi connectivity index (χ1n) is 5.49. The van der Waals surface area contributed by atoms with Crippen LogP contribution in [0.25, 0.3) is 5.69 Å². The van der Waals surface area contributed by atoms with Crippen LogP contribution in [0.1, 0.15) is 11.4 Å². The number of halogens is 4. The Kier molecular flexibility index (Phi) is 4.02. The van der Waals surface area contributed by atoms with E-state index in [4.69, 9.17) is 23.2 Å². The van der Waals surface area contributed by atoms with Crippen LogP contribution in [-0.2, 0) is 0 Å². The summed E-state index contributed by atoms with van der Waals surface area (Å²) in [5.74, 6) is -0.204. The van der Waals surface area contributed by atoms with Crippen molar-refractivity contribution in [2.24, 2.45) is 0 Å². The first-order valence-corrected chi connectivity index (χ1v) is 6.25. The Morgan fingerprint density at radius 3 is 1.95 bits per heavy atom. The highest BCUT2D eigenvalue weighted by Gasteiger charge is 2.15. The summed E-state index contributed by atoms with van der Waals surface area (Å²) in [4.78, 5) is 0. The number of hydrogen-bond acceptors (Lipinski definition) is 1. The Balaban J connectivity index is 2.51. The predicted octanol–water partition coefficient (Wildman–Crippen LogP) is 5.00. The van der Waals surface area contributed by atoms with Crippen LogP contribution >= 0.6 is 23.2 Å². The molecule has 2 rings (SSSR count). The number of ether oxygens (including phenoxy) is 1. The molecule has 0 aliphatic rings. The van der Waals surface area contributed by atoms with E-state index in [0.717, 1.165) is 11.4 Å². The summed E-state index contributed by atoms with van der Waals surface area (Å²) in [6, 6.07) is 6.98. The van der Waals surface area contributed by atoms with Crippen molar-refractivity contribution in [2.75, 3.05) is 0 Å². The maximum atomic E-state index is 12.2. The zero-order valence-electron chi connectivity index (χ0n) is 10.3. The minimum Gasteiger partial charge on any atom is -0.432 e. The summed E-state index contributed by atoms with van der Waals surface area (Å²) < 4.78 is 30.7. The average Bonchev–Trinajstić information content (AvgIpc) is 2.63. The monoisotopic (exact) mass is 305 g/mol. The first kappa shape index (κ1) is 14.2. The highest BCUT2D eigenvalue weighted by atomic mass is 35.5. The highest BCUT2D eigenvalue weighted by Crippen LogP contribution is 2.37. The molecule has 0 N–H and O–H groups in total. The molecule has 0 unspecified atom stereocenters. The number of nitrogens with zero attached hydrogens (tertiary/aromatic N) is 1. The van der Waals surface area contributed by atoms with Crippen molar-refractivity contribution in [3.63, 3.8) is 0 Å². The second kappa shape index (κ2) is 5.39. The molecule has 0 radical (unpaired) electrons. The van der Waals surface area contributed by atoms with E-state index in [0.29, 0.717) is 5.69 Å². The Bertz CT molecular complexity index is 568. The van der Waals surface area contributed by atoms with Crippen molar-refractivity contribution in [1.29, 1.82) is 0 Å². The first-order chi connectivity index (χ1) is 8.90. The second-order valence-corrected chi connectivity index (χ2v) is 4.88. The summed E-state index contributed by atoms with van der Waals surface area (Å²) in [6.07, 6.45) is 0. The molecule has 102 valence electrons. The van der Waals surface area contributed by atoms with Gasteiger partial charge in [0.15, 0.2) is 5.75 Å². The quantitative estimate of drug-likeness (QED) is 0.778. The van der Waals surface area contributed by atoms with Crippen molar-refractivity contribution in [3.05, 3.63) is 45.7 Å². The number of rotatable bonds is 3. The van der Waals surface area contributed by atoms with Gasteiger partial charge >= 0.3 is 6.61 Å². The molecule has 19 heavy (non-hydrogen) atoms. The number of benzene rings is 1. The topological polar surface area (TPSA) is 14.2 Å². The van der Waals surface area contributed by atoms with Gasteiger partial charge in [0.1, 0.15) is 0 Å². The van der Waals surface area contributed by atoms with Crippen LogP contribution in [-0.4, -0.2) is 11.2 Å². The van der Waals surface area contributed by atoms with Gasteiger partial charge in [-0.3, -0.25) is 0 Å². The van der Waals surface area contributed by atoms with Crippen LogP contribution < -0.4 is 4.74 Å². The number of alkyl halides is 2. The van der Waals surface area contributed by atoms with Gasteiger partial charge in [0.2, 0.25) is 0 Å². The van der Waals surface area contributed by atoms with Gasteiger partial charge in [0.25, 0.3) is 0 Å². The molecular formula is C13H11Cl2F2NO. The zero-order chi connectivity index (χ0) is 14.2. The van der Waals surface area contributed by atoms with Crippen molar-refractivity contribution in [1.82, 2.24) is 4.57 Å². The molecule has 0 spiro atoms. The number of hydrogen-bond donors (Lipinski definition) is 0. The highest BCUT2D eigenvalue weighted by molar-refractivity contribution is 6.37. The lowest BCUT2D eigenvalue weighted by Crippen LogP contribution is -2.04. The minimum absolute atomic E-state index is 0.0512. The van der Waals surface area contributed by atoms with Crippen LogP contribution in [0.5, 0.6) is 5.75 Å². The predicted molar refractivity (Wildman–Crippen MR) is 71.9 cm³/mol. The summed E-state index contributed by atoms with van der Waals surface area (Å²) in [7, 11) is 0. The molecule has 1 heterocycles. The van der Waals surface area contributed by atoms with Crippen molar-refractivity contribution in [2.45, 2.75) is 20.5 Å². The van der Waals surface area contributed by atoms with Gasteiger partial charge in [-0.25, -0.2) is 0 Å². The van der Waals surface area contributed by atoms with Gasteiger partial charge in [0.05, 0.1) is 10.0 Å². The molecule has 2 nitrogen and oxygen atoms in total. The molecular weight excluding hydrogens is 295 g/mol.